The molecule has 5 nitrogen and oxygen atoms in total. The first-order chi connectivity index (χ1) is 7.70. The first kappa shape index (κ1) is 10.9. The normalized spacial score (nSPS) is 20.8. The van der Waals surface area contributed by atoms with E-state index in [1.165, 1.54) is 18.5 Å². The number of aromatic amines is 1. The van der Waals surface area contributed by atoms with Crippen LogP contribution in [0.3, 0.4) is 0 Å². The summed E-state index contributed by atoms with van der Waals surface area (Å²) in [6, 6.07) is 1.50. The van der Waals surface area contributed by atoms with Crippen LogP contribution in [0.2, 0.25) is 0 Å². The third-order valence-electron chi connectivity index (χ3n) is 2.82. The van der Waals surface area contributed by atoms with Crippen LogP contribution in [0.4, 0.5) is 0 Å². The number of hydrogen-bond acceptors (Lipinski definition) is 3. The standard InChI is InChI=1S/C11H15N3O2/c1-8-6-13-4-5-14(8)11(16)9-7-12-3-2-10(9)15/h2-3,7-8,13H,4-6H2,1H3,(H,12,15). The lowest BCUT2D eigenvalue weighted by atomic mass is 10.1. The third-order valence-corrected chi connectivity index (χ3v) is 2.82. The maximum absolute atomic E-state index is 12.1. The number of amides is 1. The molecule has 1 fully saturated rings. The number of rotatable bonds is 1. The van der Waals surface area contributed by atoms with Gasteiger partial charge in [0.2, 0.25) is 0 Å². The zero-order valence-corrected chi connectivity index (χ0v) is 9.19. The summed E-state index contributed by atoms with van der Waals surface area (Å²) in [6.07, 6.45) is 3.00. The Hall–Kier alpha value is -1.62. The van der Waals surface area contributed by atoms with E-state index in [0.29, 0.717) is 6.54 Å². The van der Waals surface area contributed by atoms with Crippen molar-refractivity contribution in [3.8, 4) is 0 Å². The molecule has 0 bridgehead atoms. The van der Waals surface area contributed by atoms with Crippen molar-refractivity contribution >= 4 is 5.91 Å². The molecule has 2 N–H and O–H groups in total. The van der Waals surface area contributed by atoms with E-state index in [1.807, 2.05) is 6.92 Å². The average Bonchev–Trinajstić information content (AvgIpc) is 2.29. The maximum atomic E-state index is 12.1. The number of pyridine rings is 1. The molecule has 1 aliphatic heterocycles. The predicted octanol–water partition coefficient (Wildman–Crippen LogP) is -0.191. The van der Waals surface area contributed by atoms with Gasteiger partial charge in [-0.25, -0.2) is 0 Å². The van der Waals surface area contributed by atoms with Gasteiger partial charge in [0.1, 0.15) is 5.56 Å². The number of nitrogens with zero attached hydrogens (tertiary/aromatic N) is 1. The van der Waals surface area contributed by atoms with E-state index < -0.39 is 0 Å². The van der Waals surface area contributed by atoms with Crippen molar-refractivity contribution in [3.05, 3.63) is 34.2 Å². The molecule has 1 atom stereocenters. The number of nitrogens with one attached hydrogen (secondary N) is 2. The fourth-order valence-corrected chi connectivity index (χ4v) is 1.88. The van der Waals surface area contributed by atoms with Crippen LogP contribution in [0.1, 0.15) is 17.3 Å². The summed E-state index contributed by atoms with van der Waals surface area (Å²) in [7, 11) is 0. The summed E-state index contributed by atoms with van der Waals surface area (Å²) in [5, 5.41) is 3.21. The van der Waals surface area contributed by atoms with Gasteiger partial charge in [0.25, 0.3) is 5.91 Å². The third kappa shape index (κ3) is 1.99. The summed E-state index contributed by atoms with van der Waals surface area (Å²) in [6.45, 7) is 4.17. The van der Waals surface area contributed by atoms with E-state index in [1.54, 1.807) is 4.90 Å². The van der Waals surface area contributed by atoms with Gasteiger partial charge in [-0.3, -0.25) is 9.59 Å². The number of aromatic nitrogens is 1. The van der Waals surface area contributed by atoms with Crippen LogP contribution < -0.4 is 10.7 Å². The van der Waals surface area contributed by atoms with Crippen molar-refractivity contribution in [1.82, 2.24) is 15.2 Å². The highest BCUT2D eigenvalue weighted by atomic mass is 16.2. The first-order valence-electron chi connectivity index (χ1n) is 5.39. The molecule has 1 aliphatic rings. The minimum atomic E-state index is -0.227. The van der Waals surface area contributed by atoms with E-state index >= 15 is 0 Å². The number of hydrogen-bond donors (Lipinski definition) is 2. The Morgan fingerprint density at radius 1 is 1.56 bits per heavy atom. The Balaban J connectivity index is 2.25. The molecule has 2 rings (SSSR count). The molecule has 16 heavy (non-hydrogen) atoms. The van der Waals surface area contributed by atoms with Crippen LogP contribution in [0, 0.1) is 0 Å². The zero-order chi connectivity index (χ0) is 11.5. The van der Waals surface area contributed by atoms with Crippen LogP contribution >= 0.6 is 0 Å². The lowest BCUT2D eigenvalue weighted by molar-refractivity contribution is 0.0654. The van der Waals surface area contributed by atoms with E-state index in [2.05, 4.69) is 10.3 Å². The van der Waals surface area contributed by atoms with Gasteiger partial charge in [-0.2, -0.15) is 0 Å². The smallest absolute Gasteiger partial charge is 0.259 e. The molecule has 1 amide bonds. The van der Waals surface area contributed by atoms with Crippen molar-refractivity contribution < 1.29 is 4.79 Å². The molecule has 86 valence electrons. The predicted molar refractivity (Wildman–Crippen MR) is 60.4 cm³/mol. The molecule has 0 aromatic carbocycles. The van der Waals surface area contributed by atoms with Gasteiger partial charge in [0.15, 0.2) is 5.43 Å². The van der Waals surface area contributed by atoms with E-state index in [-0.39, 0.29) is 22.9 Å². The molecule has 0 saturated carbocycles. The molecule has 1 aromatic heterocycles. The average molecular weight is 221 g/mol. The Kier molecular flexibility index (Phi) is 3.05. The van der Waals surface area contributed by atoms with Crippen molar-refractivity contribution in [2.75, 3.05) is 19.6 Å². The summed E-state index contributed by atoms with van der Waals surface area (Å²) < 4.78 is 0. The molecular formula is C11H15N3O2. The Bertz CT molecular complexity index is 441. The van der Waals surface area contributed by atoms with Gasteiger partial charge in [-0.1, -0.05) is 0 Å². The van der Waals surface area contributed by atoms with Crippen LogP contribution in [-0.2, 0) is 0 Å². The van der Waals surface area contributed by atoms with Crippen molar-refractivity contribution in [2.24, 2.45) is 0 Å². The molecule has 1 unspecified atom stereocenters. The summed E-state index contributed by atoms with van der Waals surface area (Å²) in [5.41, 5.74) is -0.00858. The Morgan fingerprint density at radius 3 is 3.06 bits per heavy atom. The lowest BCUT2D eigenvalue weighted by Gasteiger charge is -2.33. The first-order valence-corrected chi connectivity index (χ1v) is 5.39. The molecule has 0 spiro atoms. The van der Waals surface area contributed by atoms with Crippen LogP contribution in [-0.4, -0.2) is 41.5 Å². The molecule has 0 aliphatic carbocycles. The summed E-state index contributed by atoms with van der Waals surface area (Å²) >= 11 is 0. The molecular weight excluding hydrogens is 206 g/mol. The number of carbonyl (C=O) groups is 1. The second-order valence-corrected chi connectivity index (χ2v) is 3.97. The van der Waals surface area contributed by atoms with Crippen LogP contribution in [0.25, 0.3) is 0 Å². The molecule has 0 radical (unpaired) electrons. The highest BCUT2D eigenvalue weighted by molar-refractivity contribution is 5.94. The molecule has 1 saturated heterocycles. The number of carbonyl (C=O) groups excluding carboxylic acids is 1. The summed E-state index contributed by atoms with van der Waals surface area (Å²) in [4.78, 5) is 28.1. The lowest BCUT2D eigenvalue weighted by Crippen LogP contribution is -2.52. The molecule has 2 heterocycles. The topological polar surface area (TPSA) is 65.2 Å². The van der Waals surface area contributed by atoms with Gasteiger partial charge >= 0.3 is 0 Å². The fraction of sp³-hybridized carbons (Fsp3) is 0.455. The highest BCUT2D eigenvalue weighted by Crippen LogP contribution is 2.06. The second kappa shape index (κ2) is 4.49. The fourth-order valence-electron chi connectivity index (χ4n) is 1.88. The van der Waals surface area contributed by atoms with Gasteiger partial charge < -0.3 is 15.2 Å². The number of piperazine rings is 1. The van der Waals surface area contributed by atoms with Gasteiger partial charge in [0, 0.05) is 44.1 Å². The number of H-pyrrole nitrogens is 1. The summed E-state index contributed by atoms with van der Waals surface area (Å²) in [5.74, 6) is -0.184. The van der Waals surface area contributed by atoms with Gasteiger partial charge in [-0.05, 0) is 6.92 Å². The SMILES string of the molecule is CC1CNCCN1C(=O)c1c[nH]ccc1=O. The van der Waals surface area contributed by atoms with Crippen LogP contribution in [0.5, 0.6) is 0 Å². The largest absolute Gasteiger partial charge is 0.367 e. The van der Waals surface area contributed by atoms with Crippen molar-refractivity contribution in [2.45, 2.75) is 13.0 Å². The zero-order valence-electron chi connectivity index (χ0n) is 9.19. The van der Waals surface area contributed by atoms with E-state index in [4.69, 9.17) is 0 Å². The minimum Gasteiger partial charge on any atom is -0.367 e. The van der Waals surface area contributed by atoms with Gasteiger partial charge in [-0.15, -0.1) is 0 Å². The maximum Gasteiger partial charge on any atom is 0.259 e. The van der Waals surface area contributed by atoms with Crippen LogP contribution in [0.15, 0.2) is 23.3 Å². The van der Waals surface area contributed by atoms with E-state index in [9.17, 15) is 9.59 Å². The molecule has 1 aromatic rings. The van der Waals surface area contributed by atoms with Gasteiger partial charge in [0.05, 0.1) is 0 Å². The Labute approximate surface area is 93.5 Å². The van der Waals surface area contributed by atoms with Crippen molar-refractivity contribution in [1.29, 1.82) is 0 Å². The van der Waals surface area contributed by atoms with Crippen molar-refractivity contribution in [3.63, 3.8) is 0 Å². The monoisotopic (exact) mass is 221 g/mol. The molecule has 5 heteroatoms. The van der Waals surface area contributed by atoms with E-state index in [0.717, 1.165) is 13.1 Å². The Morgan fingerprint density at radius 2 is 2.38 bits per heavy atom. The highest BCUT2D eigenvalue weighted by Gasteiger charge is 2.25. The quantitative estimate of drug-likeness (QED) is 0.690. The second-order valence-electron chi connectivity index (χ2n) is 3.97. The minimum absolute atomic E-state index is 0.126.